The van der Waals surface area contributed by atoms with Crippen LogP contribution in [0.15, 0.2) is 24.4 Å². The fourth-order valence-corrected chi connectivity index (χ4v) is 3.49. The van der Waals surface area contributed by atoms with Gasteiger partial charge in [-0.2, -0.15) is 0 Å². The van der Waals surface area contributed by atoms with E-state index in [2.05, 4.69) is 21.8 Å². The van der Waals surface area contributed by atoms with Gasteiger partial charge in [0.2, 0.25) is 0 Å². The summed E-state index contributed by atoms with van der Waals surface area (Å²) >= 11 is 0. The number of aryl methyl sites for hydroxylation is 2. The first-order valence-corrected chi connectivity index (χ1v) is 9.06. The van der Waals surface area contributed by atoms with Gasteiger partial charge in [0.15, 0.2) is 5.78 Å². The Hall–Kier alpha value is -2.37. The zero-order valence-corrected chi connectivity index (χ0v) is 15.1. The Morgan fingerprint density at radius 2 is 2.15 bits per heavy atom. The van der Waals surface area contributed by atoms with Gasteiger partial charge in [-0.15, -0.1) is 0 Å². The van der Waals surface area contributed by atoms with Crippen molar-refractivity contribution in [2.45, 2.75) is 39.5 Å². The summed E-state index contributed by atoms with van der Waals surface area (Å²) in [6.45, 7) is 5.19. The predicted molar refractivity (Wildman–Crippen MR) is 96.4 cm³/mol. The van der Waals surface area contributed by atoms with Crippen molar-refractivity contribution in [3.63, 3.8) is 0 Å². The van der Waals surface area contributed by atoms with Gasteiger partial charge in [0.1, 0.15) is 23.3 Å². The van der Waals surface area contributed by atoms with E-state index < -0.39 is 11.6 Å². The second-order valence-electron chi connectivity index (χ2n) is 6.79. The largest absolute Gasteiger partial charge is 0.356 e. The first-order valence-electron chi connectivity index (χ1n) is 9.06. The first-order chi connectivity index (χ1) is 12.5. The minimum absolute atomic E-state index is 0.163. The van der Waals surface area contributed by atoms with Crippen molar-refractivity contribution >= 4 is 11.6 Å². The summed E-state index contributed by atoms with van der Waals surface area (Å²) < 4.78 is 27.4. The Bertz CT molecular complexity index is 810. The molecule has 0 spiro atoms. The number of nitrogens with zero attached hydrogens (tertiary/aromatic N) is 3. The number of benzene rings is 1. The zero-order valence-electron chi connectivity index (χ0n) is 15.1. The predicted octanol–water partition coefficient (Wildman–Crippen LogP) is 4.12. The fourth-order valence-electron chi connectivity index (χ4n) is 3.49. The number of hydrogen-bond acceptors (Lipinski definition) is 4. The lowest BCUT2D eigenvalue weighted by Crippen LogP contribution is -2.40. The number of carbonyl (C=O) groups excluding carboxylic acids is 1. The molecule has 1 saturated heterocycles. The van der Waals surface area contributed by atoms with Gasteiger partial charge in [-0.05, 0) is 44.4 Å². The van der Waals surface area contributed by atoms with Gasteiger partial charge in [-0.1, -0.05) is 13.3 Å². The van der Waals surface area contributed by atoms with Crippen LogP contribution in [0.4, 0.5) is 14.6 Å². The summed E-state index contributed by atoms with van der Waals surface area (Å²) in [5, 5.41) is 0. The minimum Gasteiger partial charge on any atom is -0.356 e. The third kappa shape index (κ3) is 3.89. The van der Waals surface area contributed by atoms with Crippen LogP contribution < -0.4 is 4.90 Å². The number of aromatic nitrogens is 2. The second-order valence-corrected chi connectivity index (χ2v) is 6.79. The lowest BCUT2D eigenvalue weighted by atomic mass is 9.89. The van der Waals surface area contributed by atoms with E-state index in [4.69, 9.17) is 0 Å². The molecule has 1 aliphatic heterocycles. The van der Waals surface area contributed by atoms with Crippen LogP contribution in [0.2, 0.25) is 0 Å². The summed E-state index contributed by atoms with van der Waals surface area (Å²) in [6.07, 6.45) is 5.16. The molecule has 6 heteroatoms. The normalized spacial score (nSPS) is 17.4. The van der Waals surface area contributed by atoms with Crippen LogP contribution in [-0.4, -0.2) is 28.8 Å². The van der Waals surface area contributed by atoms with E-state index in [0.717, 1.165) is 55.4 Å². The Labute approximate surface area is 152 Å². The maximum absolute atomic E-state index is 14.0. The van der Waals surface area contributed by atoms with E-state index in [1.54, 1.807) is 0 Å². The minimum atomic E-state index is -0.668. The second kappa shape index (κ2) is 7.89. The molecule has 4 nitrogen and oxygen atoms in total. The molecule has 0 saturated carbocycles. The lowest BCUT2D eigenvalue weighted by molar-refractivity contribution is 0.0902. The number of halogens is 2. The SMILES string of the molecule is CCCc1cnc(C)nc1N1CCCC(C(=O)c2cc(F)ccc2F)C1. The number of ketones is 1. The number of hydrogen-bond donors (Lipinski definition) is 0. The number of piperidine rings is 1. The molecule has 1 fully saturated rings. The number of rotatable bonds is 5. The summed E-state index contributed by atoms with van der Waals surface area (Å²) in [7, 11) is 0. The molecular weight excluding hydrogens is 336 g/mol. The van der Waals surface area contributed by atoms with E-state index in [-0.39, 0.29) is 17.3 Å². The average Bonchev–Trinajstić information content (AvgIpc) is 2.65. The summed E-state index contributed by atoms with van der Waals surface area (Å²) in [5.74, 6) is -0.433. The van der Waals surface area contributed by atoms with Crippen LogP contribution >= 0.6 is 0 Å². The van der Waals surface area contributed by atoms with Gasteiger partial charge in [0.05, 0.1) is 5.56 Å². The van der Waals surface area contributed by atoms with Gasteiger partial charge >= 0.3 is 0 Å². The van der Waals surface area contributed by atoms with Crippen LogP contribution in [0.5, 0.6) is 0 Å². The molecule has 1 atom stereocenters. The summed E-state index contributed by atoms with van der Waals surface area (Å²) in [6, 6.07) is 3.03. The molecule has 1 aromatic carbocycles. The Kier molecular flexibility index (Phi) is 5.59. The maximum atomic E-state index is 14.0. The zero-order chi connectivity index (χ0) is 18.7. The van der Waals surface area contributed by atoms with Crippen LogP contribution in [-0.2, 0) is 6.42 Å². The third-order valence-corrected chi connectivity index (χ3v) is 4.77. The molecule has 1 aliphatic rings. The number of Topliss-reactive ketones (excluding diaryl/α,β-unsaturated/α-hetero) is 1. The summed E-state index contributed by atoms with van der Waals surface area (Å²) in [5.41, 5.74) is 0.896. The standard InChI is InChI=1S/C20H23F2N3O/c1-3-5-14-11-23-13(2)24-20(14)25-9-4-6-15(12-25)19(26)17-10-16(21)7-8-18(17)22/h7-8,10-11,15H,3-6,9,12H2,1-2H3. The van der Waals surface area contributed by atoms with Crippen LogP contribution in [0.3, 0.4) is 0 Å². The van der Waals surface area contributed by atoms with E-state index in [1.807, 2.05) is 13.1 Å². The average molecular weight is 359 g/mol. The first kappa shape index (κ1) is 18.4. The Morgan fingerprint density at radius 3 is 2.92 bits per heavy atom. The van der Waals surface area contributed by atoms with Crippen molar-refractivity contribution in [3.8, 4) is 0 Å². The third-order valence-electron chi connectivity index (χ3n) is 4.77. The topological polar surface area (TPSA) is 46.1 Å². The van der Waals surface area contributed by atoms with Gasteiger partial charge in [-0.25, -0.2) is 18.7 Å². The van der Waals surface area contributed by atoms with Gasteiger partial charge in [0, 0.05) is 30.8 Å². The van der Waals surface area contributed by atoms with E-state index >= 15 is 0 Å². The van der Waals surface area contributed by atoms with Crippen LogP contribution in [0.1, 0.15) is 47.9 Å². The molecule has 1 aromatic heterocycles. The maximum Gasteiger partial charge on any atom is 0.170 e. The van der Waals surface area contributed by atoms with Gasteiger partial charge in [0.25, 0.3) is 0 Å². The Morgan fingerprint density at radius 1 is 1.35 bits per heavy atom. The molecule has 3 rings (SSSR count). The monoisotopic (exact) mass is 359 g/mol. The highest BCUT2D eigenvalue weighted by atomic mass is 19.1. The molecule has 0 aliphatic carbocycles. The molecule has 1 unspecified atom stereocenters. The number of carbonyl (C=O) groups is 1. The quantitative estimate of drug-likeness (QED) is 0.754. The lowest BCUT2D eigenvalue weighted by Gasteiger charge is -2.34. The smallest absolute Gasteiger partial charge is 0.170 e. The van der Waals surface area contributed by atoms with Gasteiger partial charge in [-0.3, -0.25) is 4.79 Å². The van der Waals surface area contributed by atoms with Crippen molar-refractivity contribution in [3.05, 3.63) is 53.0 Å². The molecule has 0 radical (unpaired) electrons. The molecule has 0 amide bonds. The van der Waals surface area contributed by atoms with Gasteiger partial charge < -0.3 is 4.90 Å². The van der Waals surface area contributed by atoms with Crippen LogP contribution in [0, 0.1) is 24.5 Å². The van der Waals surface area contributed by atoms with Crippen molar-refractivity contribution in [1.82, 2.24) is 9.97 Å². The fraction of sp³-hybridized carbons (Fsp3) is 0.450. The van der Waals surface area contributed by atoms with E-state index in [1.165, 1.54) is 0 Å². The molecule has 26 heavy (non-hydrogen) atoms. The van der Waals surface area contributed by atoms with Crippen LogP contribution in [0.25, 0.3) is 0 Å². The molecule has 0 bridgehead atoms. The highest BCUT2D eigenvalue weighted by molar-refractivity contribution is 5.98. The van der Waals surface area contributed by atoms with Crippen molar-refractivity contribution in [2.75, 3.05) is 18.0 Å². The molecule has 138 valence electrons. The number of anilines is 1. The van der Waals surface area contributed by atoms with E-state index in [0.29, 0.717) is 18.8 Å². The highest BCUT2D eigenvalue weighted by Crippen LogP contribution is 2.28. The van der Waals surface area contributed by atoms with Crippen molar-refractivity contribution < 1.29 is 13.6 Å². The molecular formula is C20H23F2N3O. The molecule has 0 N–H and O–H groups in total. The molecule has 2 aromatic rings. The Balaban J connectivity index is 1.85. The van der Waals surface area contributed by atoms with Crippen molar-refractivity contribution in [1.29, 1.82) is 0 Å². The van der Waals surface area contributed by atoms with Crippen molar-refractivity contribution in [2.24, 2.45) is 5.92 Å². The van der Waals surface area contributed by atoms with E-state index in [9.17, 15) is 13.6 Å². The highest BCUT2D eigenvalue weighted by Gasteiger charge is 2.30. The molecule has 2 heterocycles. The summed E-state index contributed by atoms with van der Waals surface area (Å²) in [4.78, 5) is 23.7.